The van der Waals surface area contributed by atoms with Gasteiger partial charge in [0.25, 0.3) is 0 Å². The first kappa shape index (κ1) is 22.4. The number of ether oxygens (including phenoxy) is 1. The van der Waals surface area contributed by atoms with Crippen molar-refractivity contribution in [2.24, 2.45) is 0 Å². The molecule has 2 aromatic heterocycles. The van der Waals surface area contributed by atoms with Crippen LogP contribution in [0.5, 0.6) is 5.75 Å². The van der Waals surface area contributed by atoms with Crippen molar-refractivity contribution >= 4 is 5.97 Å². The molecule has 27 heavy (non-hydrogen) atoms. The molecule has 1 radical (unpaired) electrons. The number of carboxylic acids is 1. The Morgan fingerprint density at radius 3 is 2.56 bits per heavy atom. The van der Waals surface area contributed by atoms with Crippen molar-refractivity contribution in [3.63, 3.8) is 0 Å². The van der Waals surface area contributed by atoms with E-state index < -0.39 is 5.97 Å². The Morgan fingerprint density at radius 1 is 1.22 bits per heavy atom. The van der Waals surface area contributed by atoms with E-state index in [0.29, 0.717) is 6.61 Å². The normalized spacial score (nSPS) is 9.44. The molecule has 0 atom stereocenters. The molecule has 0 bridgehead atoms. The number of hydrogen-bond acceptors (Lipinski definition) is 5. The van der Waals surface area contributed by atoms with E-state index >= 15 is 0 Å². The van der Waals surface area contributed by atoms with E-state index in [1.54, 1.807) is 18.3 Å². The number of pyridine rings is 1. The van der Waals surface area contributed by atoms with Crippen molar-refractivity contribution in [3.05, 3.63) is 71.9 Å². The number of hydrogen-bond donors (Lipinski definition) is 1. The predicted molar refractivity (Wildman–Crippen MR) is 98.1 cm³/mol. The van der Waals surface area contributed by atoms with Crippen LogP contribution in [0.15, 0.2) is 48.8 Å². The number of aromatic nitrogens is 3. The van der Waals surface area contributed by atoms with Crippen molar-refractivity contribution in [1.29, 1.82) is 0 Å². The number of aryl methyl sites for hydroxylation is 2. The number of nitrogens with zero attached hydrogens (tertiary/aromatic N) is 3. The molecule has 0 spiro atoms. The topological polar surface area (TPSA) is 85.2 Å². The van der Waals surface area contributed by atoms with Crippen molar-refractivity contribution in [2.75, 3.05) is 6.61 Å². The van der Waals surface area contributed by atoms with Crippen LogP contribution in [-0.2, 0) is 20.1 Å². The maximum atomic E-state index is 10.1. The summed E-state index contributed by atoms with van der Waals surface area (Å²) >= 11 is 0. The summed E-state index contributed by atoms with van der Waals surface area (Å²) in [5, 5.41) is 8.32. The first-order valence-corrected chi connectivity index (χ1v) is 8.10. The minimum absolute atomic E-state index is 0. The number of carboxylic acid groups (broad SMARTS) is 1. The first-order valence-electron chi connectivity index (χ1n) is 8.10. The summed E-state index contributed by atoms with van der Waals surface area (Å²) < 4.78 is 5.46. The average molecular weight is 543 g/mol. The van der Waals surface area contributed by atoms with Gasteiger partial charge >= 0.3 is 5.97 Å². The molecule has 7 heteroatoms. The molecule has 0 amide bonds. The Kier molecular flexibility index (Phi) is 9.26. The minimum Gasteiger partial charge on any atom is -0.513 e. The van der Waals surface area contributed by atoms with Crippen molar-refractivity contribution in [2.45, 2.75) is 20.8 Å². The summed E-state index contributed by atoms with van der Waals surface area (Å²) in [5.74, 6) is -0.154. The van der Waals surface area contributed by atoms with Crippen LogP contribution in [0.4, 0.5) is 0 Å². The second-order valence-electron chi connectivity index (χ2n) is 5.34. The van der Waals surface area contributed by atoms with Crippen LogP contribution in [0, 0.1) is 19.9 Å². The van der Waals surface area contributed by atoms with Crippen LogP contribution in [-0.4, -0.2) is 32.6 Å². The number of rotatable bonds is 4. The van der Waals surface area contributed by atoms with Gasteiger partial charge in [-0.2, -0.15) is 0 Å². The van der Waals surface area contributed by atoms with E-state index in [9.17, 15) is 4.79 Å². The van der Waals surface area contributed by atoms with Gasteiger partial charge in [0.1, 0.15) is 5.69 Å². The van der Waals surface area contributed by atoms with Crippen molar-refractivity contribution in [3.8, 4) is 17.0 Å². The molecule has 3 aromatic rings. The standard InChI is InChI=1S/C14H15N2O.C6H5NO2.Ir/c1-4-17-13-7-5-6-12(8-13)14-11(3)16-10(2)9-15-14;8-6(9)5-3-1-2-4-7-5;/h5,7-9H,4H2,1-3H3;1-4H,(H,8,9);/q-1;;. The summed E-state index contributed by atoms with van der Waals surface area (Å²) in [6.45, 7) is 6.51. The second kappa shape index (κ2) is 11.2. The molecule has 0 fully saturated rings. The van der Waals surface area contributed by atoms with Gasteiger partial charge in [0.15, 0.2) is 0 Å². The van der Waals surface area contributed by atoms with E-state index in [2.05, 4.69) is 21.0 Å². The Labute approximate surface area is 172 Å². The first-order chi connectivity index (χ1) is 12.5. The number of carbonyl (C=O) groups is 1. The molecule has 0 aliphatic heterocycles. The van der Waals surface area contributed by atoms with Gasteiger partial charge < -0.3 is 14.8 Å². The van der Waals surface area contributed by atoms with Gasteiger partial charge in [0.2, 0.25) is 0 Å². The molecule has 3 rings (SSSR count). The predicted octanol–water partition coefficient (Wildman–Crippen LogP) is 3.74. The minimum atomic E-state index is -0.990. The molecular formula is C20H20IrN3O3-. The van der Waals surface area contributed by atoms with E-state index in [-0.39, 0.29) is 25.8 Å². The molecule has 0 unspecified atom stereocenters. The monoisotopic (exact) mass is 543 g/mol. The molecular weight excluding hydrogens is 522 g/mol. The molecule has 0 saturated heterocycles. The molecule has 0 saturated carbocycles. The van der Waals surface area contributed by atoms with Crippen molar-refractivity contribution in [1.82, 2.24) is 15.0 Å². The van der Waals surface area contributed by atoms with Crippen molar-refractivity contribution < 1.29 is 34.7 Å². The summed E-state index contributed by atoms with van der Waals surface area (Å²) in [6.07, 6.45) is 3.22. The zero-order valence-electron chi connectivity index (χ0n) is 15.3. The van der Waals surface area contributed by atoms with Crippen LogP contribution in [0.1, 0.15) is 28.8 Å². The molecule has 1 aromatic carbocycles. The third-order valence-corrected chi connectivity index (χ3v) is 3.29. The molecule has 6 nitrogen and oxygen atoms in total. The SMILES string of the molecule is CCOc1cc[c-]c(-c2ncc(C)nc2C)c1.O=C(O)c1ccccn1.[Ir]. The summed E-state index contributed by atoms with van der Waals surface area (Å²) in [6, 6.07) is 13.6. The van der Waals surface area contributed by atoms with Crippen LogP contribution >= 0.6 is 0 Å². The molecule has 143 valence electrons. The van der Waals surface area contributed by atoms with Crippen LogP contribution in [0.2, 0.25) is 0 Å². The van der Waals surface area contributed by atoms with E-state index in [0.717, 1.165) is 28.4 Å². The fourth-order valence-corrected chi connectivity index (χ4v) is 2.19. The Hall–Kier alpha value is -2.63. The second-order valence-corrected chi connectivity index (χ2v) is 5.34. The largest absolute Gasteiger partial charge is 0.513 e. The fraction of sp³-hybridized carbons (Fsp3) is 0.200. The molecule has 0 aliphatic rings. The van der Waals surface area contributed by atoms with Gasteiger partial charge in [0.05, 0.1) is 12.3 Å². The van der Waals surface area contributed by atoms with Gasteiger partial charge in [-0.1, -0.05) is 6.07 Å². The number of benzene rings is 1. The third-order valence-electron chi connectivity index (χ3n) is 3.29. The maximum absolute atomic E-state index is 10.1. The Balaban J connectivity index is 0.000000310. The summed E-state index contributed by atoms with van der Waals surface area (Å²) in [4.78, 5) is 22.5. The Bertz CT molecular complexity index is 873. The van der Waals surface area contributed by atoms with Gasteiger partial charge in [-0.15, -0.1) is 29.8 Å². The van der Waals surface area contributed by atoms with Crippen LogP contribution < -0.4 is 4.74 Å². The zero-order valence-corrected chi connectivity index (χ0v) is 17.7. The van der Waals surface area contributed by atoms with Gasteiger partial charge in [-0.25, -0.2) is 9.78 Å². The summed E-state index contributed by atoms with van der Waals surface area (Å²) in [7, 11) is 0. The average Bonchev–Trinajstić information content (AvgIpc) is 2.63. The van der Waals surface area contributed by atoms with Gasteiger partial charge in [0, 0.05) is 49.6 Å². The smallest absolute Gasteiger partial charge is 0.354 e. The van der Waals surface area contributed by atoms with Crippen LogP contribution in [0.25, 0.3) is 11.3 Å². The summed E-state index contributed by atoms with van der Waals surface area (Å²) in [5.41, 5.74) is 3.69. The third kappa shape index (κ3) is 6.89. The number of aromatic carboxylic acids is 1. The zero-order chi connectivity index (χ0) is 18.9. The van der Waals surface area contributed by atoms with E-state index in [1.165, 1.54) is 12.3 Å². The van der Waals surface area contributed by atoms with E-state index in [4.69, 9.17) is 9.84 Å². The van der Waals surface area contributed by atoms with Gasteiger partial charge in [-0.05, 0) is 32.9 Å². The molecule has 2 heterocycles. The molecule has 0 aliphatic carbocycles. The fourth-order valence-electron chi connectivity index (χ4n) is 2.19. The van der Waals surface area contributed by atoms with E-state index in [1.807, 2.05) is 39.0 Å². The molecule has 1 N–H and O–H groups in total. The quantitative estimate of drug-likeness (QED) is 0.506. The maximum Gasteiger partial charge on any atom is 0.354 e. The van der Waals surface area contributed by atoms with Gasteiger partial charge in [-0.3, -0.25) is 4.98 Å². The van der Waals surface area contributed by atoms with Crippen LogP contribution in [0.3, 0.4) is 0 Å². The Morgan fingerprint density at radius 2 is 2.00 bits per heavy atom.